The molecule has 0 spiro atoms. The molecule has 0 aliphatic carbocycles. The number of carbonyl (C=O) groups excluding carboxylic acids is 1. The van der Waals surface area contributed by atoms with Crippen molar-refractivity contribution >= 4 is 47.6 Å². The van der Waals surface area contributed by atoms with E-state index in [2.05, 4.69) is 53.4 Å². The van der Waals surface area contributed by atoms with Gasteiger partial charge in [0.05, 0.1) is 5.70 Å². The second-order valence-corrected chi connectivity index (χ2v) is 9.96. The van der Waals surface area contributed by atoms with Gasteiger partial charge in [0.2, 0.25) is 0 Å². The third-order valence-corrected chi connectivity index (χ3v) is 7.59. The lowest BCUT2D eigenvalue weighted by molar-refractivity contribution is 0.112. The number of rotatable bonds is 7. The summed E-state index contributed by atoms with van der Waals surface area (Å²) in [5.41, 5.74) is 9.56. The first-order valence-electron chi connectivity index (χ1n) is 13.2. The molecule has 3 aromatic carbocycles. The highest BCUT2D eigenvalue weighted by molar-refractivity contribution is 6.42. The van der Waals surface area contributed by atoms with E-state index in [1.54, 1.807) is 20.8 Å². The van der Waals surface area contributed by atoms with Gasteiger partial charge >= 0.3 is 7.40 Å². The first-order valence-corrected chi connectivity index (χ1v) is 13.2. The Hall–Kier alpha value is -4.52. The van der Waals surface area contributed by atoms with Gasteiger partial charge in [0.25, 0.3) is 0 Å². The van der Waals surface area contributed by atoms with Gasteiger partial charge in [0.1, 0.15) is 0 Å². The number of allylic oxidation sites excluding steroid dienone is 3. The van der Waals surface area contributed by atoms with E-state index in [-0.39, 0.29) is 5.69 Å². The topological polar surface area (TPSA) is 37.6 Å². The van der Waals surface area contributed by atoms with Gasteiger partial charge in [-0.1, -0.05) is 48.5 Å². The number of hydrogen-bond donors (Lipinski definition) is 0. The van der Waals surface area contributed by atoms with Crippen molar-refractivity contribution in [3.63, 3.8) is 0 Å². The molecule has 0 N–H and O–H groups in total. The number of para-hydroxylation sites is 2. The van der Waals surface area contributed by atoms with Crippen LogP contribution >= 0.6 is 0 Å². The van der Waals surface area contributed by atoms with Crippen molar-refractivity contribution in [2.24, 2.45) is 4.99 Å². The number of halogens is 2. The Morgan fingerprint density at radius 1 is 0.825 bits per heavy atom. The second kappa shape index (κ2) is 10.9. The molecule has 200 valence electrons. The van der Waals surface area contributed by atoms with E-state index < -0.39 is 7.40 Å². The quantitative estimate of drug-likeness (QED) is 0.176. The fraction of sp³-hybridized carbons (Fsp3) is 0.152. The third-order valence-electron chi connectivity index (χ3n) is 7.59. The lowest BCUT2D eigenvalue weighted by Crippen LogP contribution is -2.17. The van der Waals surface area contributed by atoms with Crippen molar-refractivity contribution in [2.75, 3.05) is 4.90 Å². The van der Waals surface area contributed by atoms with Gasteiger partial charge in [-0.2, -0.15) is 0 Å². The van der Waals surface area contributed by atoms with Gasteiger partial charge in [-0.25, -0.2) is 0 Å². The van der Waals surface area contributed by atoms with Crippen molar-refractivity contribution in [1.29, 1.82) is 0 Å². The highest BCUT2D eigenvalue weighted by atomic mass is 19.2. The molecule has 0 amide bonds. The number of carbonyl (C=O) groups is 1. The summed E-state index contributed by atoms with van der Waals surface area (Å²) in [6.45, 7) is 8.98. The summed E-state index contributed by atoms with van der Waals surface area (Å²) >= 11 is 0. The molecule has 40 heavy (non-hydrogen) atoms. The summed E-state index contributed by atoms with van der Waals surface area (Å²) in [5, 5.41) is 0. The molecule has 0 radical (unpaired) electrons. The van der Waals surface area contributed by atoms with E-state index in [1.807, 2.05) is 50.2 Å². The maximum atomic E-state index is 14.1. The smallest absolute Gasteiger partial charge is 0.328 e. The van der Waals surface area contributed by atoms with Crippen LogP contribution in [0.15, 0.2) is 101 Å². The standard InChI is InChI=1S/C33H30BF2N3O/c1-21-30(20-40)25(5)39(34(35)36)33(21)23(3)32-22(2)31(24(4)37-32)26-16-18-29(19-17-26)38(27-12-8-6-9-13-27)28-14-10-7-11-15-28/h6-20H,1-5H3/b32-23-. The zero-order valence-corrected chi connectivity index (χ0v) is 23.2. The summed E-state index contributed by atoms with van der Waals surface area (Å²) in [4.78, 5) is 18.7. The Bertz CT molecular complexity index is 1630. The van der Waals surface area contributed by atoms with Crippen molar-refractivity contribution < 1.29 is 13.4 Å². The lowest BCUT2D eigenvalue weighted by atomic mass is 9.95. The summed E-state index contributed by atoms with van der Waals surface area (Å²) < 4.78 is 29.1. The van der Waals surface area contributed by atoms with Gasteiger partial charge in [0, 0.05) is 45.3 Å². The monoisotopic (exact) mass is 533 g/mol. The van der Waals surface area contributed by atoms with Gasteiger partial charge in [-0.05, 0) is 93.3 Å². The Labute approximate surface area is 234 Å². The molecule has 0 saturated carbocycles. The van der Waals surface area contributed by atoms with E-state index in [0.29, 0.717) is 34.4 Å². The maximum Gasteiger partial charge on any atom is 0.677 e. The van der Waals surface area contributed by atoms with Crippen LogP contribution in [0.25, 0.3) is 11.1 Å². The molecule has 7 heteroatoms. The number of hydrogen-bond acceptors (Lipinski definition) is 3. The molecular weight excluding hydrogens is 503 g/mol. The first-order chi connectivity index (χ1) is 19.2. The normalized spacial score (nSPS) is 14.3. The number of anilines is 3. The SMILES string of the molecule is CC1=N/C(=C(/C)c2c(C)c(C=O)c(C)n2B(F)F)C(C)=C1c1ccc(N(c2ccccc2)c2ccccc2)cc1. The fourth-order valence-corrected chi connectivity index (χ4v) is 5.74. The van der Waals surface area contributed by atoms with Crippen LogP contribution < -0.4 is 4.90 Å². The molecular formula is C33H30BF2N3O. The third kappa shape index (κ3) is 4.62. The molecule has 1 aliphatic heterocycles. The van der Waals surface area contributed by atoms with E-state index in [9.17, 15) is 13.4 Å². The summed E-state index contributed by atoms with van der Waals surface area (Å²) in [7, 11) is -2.77. The average Bonchev–Trinajstić information content (AvgIpc) is 3.40. The van der Waals surface area contributed by atoms with Crippen molar-refractivity contribution in [2.45, 2.75) is 34.6 Å². The second-order valence-electron chi connectivity index (χ2n) is 9.96. The zero-order chi connectivity index (χ0) is 28.6. The summed E-state index contributed by atoms with van der Waals surface area (Å²) in [6, 6.07) is 28.7. The predicted octanol–water partition coefficient (Wildman–Crippen LogP) is 8.84. The molecule has 2 heterocycles. The van der Waals surface area contributed by atoms with Crippen LogP contribution in [-0.4, -0.2) is 23.9 Å². The number of aldehydes is 1. The minimum atomic E-state index is -2.77. The van der Waals surface area contributed by atoms with E-state index in [4.69, 9.17) is 4.99 Å². The van der Waals surface area contributed by atoms with Gasteiger partial charge < -0.3 is 9.38 Å². The molecule has 0 fully saturated rings. The molecule has 5 rings (SSSR count). The van der Waals surface area contributed by atoms with Crippen LogP contribution in [0.4, 0.5) is 25.7 Å². The molecule has 1 aromatic heterocycles. The summed E-state index contributed by atoms with van der Waals surface area (Å²) in [6.07, 6.45) is 0.651. The Balaban J connectivity index is 1.58. The van der Waals surface area contributed by atoms with E-state index in [1.165, 1.54) is 0 Å². The van der Waals surface area contributed by atoms with Gasteiger partial charge in [-0.3, -0.25) is 18.4 Å². The van der Waals surface area contributed by atoms with Gasteiger partial charge in [-0.15, -0.1) is 0 Å². The molecule has 4 nitrogen and oxygen atoms in total. The van der Waals surface area contributed by atoms with Crippen LogP contribution in [0.3, 0.4) is 0 Å². The van der Waals surface area contributed by atoms with E-state index in [0.717, 1.165) is 44.0 Å². The number of benzene rings is 3. The van der Waals surface area contributed by atoms with Crippen LogP contribution in [0.5, 0.6) is 0 Å². The lowest BCUT2D eigenvalue weighted by Gasteiger charge is -2.25. The van der Waals surface area contributed by atoms with E-state index >= 15 is 0 Å². The van der Waals surface area contributed by atoms with Crippen LogP contribution in [0.2, 0.25) is 0 Å². The number of nitrogens with zero attached hydrogens (tertiary/aromatic N) is 3. The Morgan fingerprint density at radius 3 is 1.85 bits per heavy atom. The number of aliphatic imine (C=N–C) groups is 1. The Kier molecular flexibility index (Phi) is 7.39. The minimum absolute atomic E-state index is 0.259. The molecule has 1 aliphatic rings. The number of aromatic nitrogens is 1. The van der Waals surface area contributed by atoms with Crippen LogP contribution in [-0.2, 0) is 0 Å². The average molecular weight is 533 g/mol. The van der Waals surface area contributed by atoms with Crippen LogP contribution in [0.1, 0.15) is 53.6 Å². The van der Waals surface area contributed by atoms with Crippen molar-refractivity contribution in [3.8, 4) is 0 Å². The zero-order valence-electron chi connectivity index (χ0n) is 23.2. The highest BCUT2D eigenvalue weighted by Gasteiger charge is 2.30. The predicted molar refractivity (Wildman–Crippen MR) is 162 cm³/mol. The molecule has 0 bridgehead atoms. The molecule has 0 saturated heterocycles. The maximum absolute atomic E-state index is 14.1. The largest absolute Gasteiger partial charge is 0.677 e. The molecule has 0 unspecified atom stereocenters. The van der Waals surface area contributed by atoms with Crippen LogP contribution in [0, 0.1) is 13.8 Å². The minimum Gasteiger partial charge on any atom is -0.328 e. The fourth-order valence-electron chi connectivity index (χ4n) is 5.74. The molecule has 0 atom stereocenters. The van der Waals surface area contributed by atoms with Gasteiger partial charge in [0.15, 0.2) is 6.29 Å². The van der Waals surface area contributed by atoms with Crippen molar-refractivity contribution in [3.05, 3.63) is 124 Å². The first kappa shape index (κ1) is 27.1. The Morgan fingerprint density at radius 2 is 1.35 bits per heavy atom. The highest BCUT2D eigenvalue weighted by Crippen LogP contribution is 2.40. The summed E-state index contributed by atoms with van der Waals surface area (Å²) in [5.74, 6) is 0. The van der Waals surface area contributed by atoms with Crippen molar-refractivity contribution in [1.82, 2.24) is 4.48 Å². The molecule has 4 aromatic rings.